The molecule has 33 heavy (non-hydrogen) atoms. The van der Waals surface area contributed by atoms with Crippen LogP contribution in [0.4, 0.5) is 5.95 Å². The second kappa shape index (κ2) is 8.68. The lowest BCUT2D eigenvalue weighted by Crippen LogP contribution is -2.43. The van der Waals surface area contributed by atoms with Gasteiger partial charge in [-0.05, 0) is 51.5 Å². The van der Waals surface area contributed by atoms with Gasteiger partial charge in [-0.2, -0.15) is 5.10 Å². The Bertz CT molecular complexity index is 1160. The highest BCUT2D eigenvalue weighted by molar-refractivity contribution is 7.88. The highest BCUT2D eigenvalue weighted by Crippen LogP contribution is 2.34. The molecular formula is C22H33N7O3S. The van der Waals surface area contributed by atoms with Crippen LogP contribution < -0.4 is 10.6 Å². The highest BCUT2D eigenvalue weighted by atomic mass is 32.2. The maximum Gasteiger partial charge on any atom is 0.272 e. The van der Waals surface area contributed by atoms with Crippen molar-refractivity contribution in [3.05, 3.63) is 23.0 Å². The van der Waals surface area contributed by atoms with Gasteiger partial charge < -0.3 is 10.6 Å². The van der Waals surface area contributed by atoms with E-state index in [1.165, 1.54) is 10.6 Å². The number of hydrogen-bond acceptors (Lipinski definition) is 7. The summed E-state index contributed by atoms with van der Waals surface area (Å²) in [6.45, 7) is 7.02. The molecule has 2 aromatic rings. The monoisotopic (exact) mass is 475 g/mol. The van der Waals surface area contributed by atoms with Gasteiger partial charge in [-0.25, -0.2) is 22.7 Å². The summed E-state index contributed by atoms with van der Waals surface area (Å²) in [5.74, 6) is 0.353. The molecule has 1 saturated heterocycles. The summed E-state index contributed by atoms with van der Waals surface area (Å²) >= 11 is 0. The zero-order valence-electron chi connectivity index (χ0n) is 20.0. The van der Waals surface area contributed by atoms with Gasteiger partial charge in [0.25, 0.3) is 5.91 Å². The lowest BCUT2D eigenvalue weighted by Gasteiger charge is -2.30. The largest absolute Gasteiger partial charge is 0.351 e. The normalized spacial score (nSPS) is 17.4. The van der Waals surface area contributed by atoms with Crippen LogP contribution >= 0.6 is 0 Å². The average molecular weight is 476 g/mol. The predicted molar refractivity (Wildman–Crippen MR) is 127 cm³/mol. The third-order valence-corrected chi connectivity index (χ3v) is 7.99. The molecular weight excluding hydrogens is 442 g/mol. The summed E-state index contributed by atoms with van der Waals surface area (Å²) in [5, 5.41) is 11.0. The van der Waals surface area contributed by atoms with Gasteiger partial charge in [-0.3, -0.25) is 9.48 Å². The highest BCUT2D eigenvalue weighted by Gasteiger charge is 2.31. The smallest absolute Gasteiger partial charge is 0.272 e. The molecule has 0 spiro atoms. The minimum atomic E-state index is -3.16. The van der Waals surface area contributed by atoms with Crippen molar-refractivity contribution < 1.29 is 13.2 Å². The van der Waals surface area contributed by atoms with E-state index in [1.54, 1.807) is 4.68 Å². The van der Waals surface area contributed by atoms with Crippen molar-refractivity contribution >= 4 is 21.9 Å². The van der Waals surface area contributed by atoms with Crippen molar-refractivity contribution in [1.29, 1.82) is 0 Å². The molecule has 0 saturated carbocycles. The predicted octanol–water partition coefficient (Wildman–Crippen LogP) is 1.73. The number of piperidine rings is 1. The van der Waals surface area contributed by atoms with E-state index in [0.29, 0.717) is 44.0 Å². The fourth-order valence-electron chi connectivity index (χ4n) is 4.38. The van der Waals surface area contributed by atoms with Crippen LogP contribution in [0.1, 0.15) is 61.6 Å². The number of amides is 1. The third kappa shape index (κ3) is 4.89. The number of hydrogen-bond donors (Lipinski definition) is 2. The second-order valence-corrected chi connectivity index (χ2v) is 11.6. The molecule has 2 aliphatic rings. The summed E-state index contributed by atoms with van der Waals surface area (Å²) in [4.78, 5) is 22.3. The van der Waals surface area contributed by atoms with Crippen molar-refractivity contribution in [1.82, 2.24) is 29.4 Å². The first kappa shape index (κ1) is 23.6. The Morgan fingerprint density at radius 1 is 1.24 bits per heavy atom. The third-order valence-electron chi connectivity index (χ3n) is 6.69. The van der Waals surface area contributed by atoms with Crippen LogP contribution in [0.2, 0.25) is 0 Å². The Hall–Kier alpha value is -2.53. The molecule has 0 unspecified atom stereocenters. The molecule has 0 radical (unpaired) electrons. The Kier molecular flexibility index (Phi) is 6.21. The van der Waals surface area contributed by atoms with Gasteiger partial charge in [0.2, 0.25) is 16.0 Å². The van der Waals surface area contributed by atoms with Gasteiger partial charge >= 0.3 is 0 Å². The molecule has 2 aromatic heterocycles. The number of sulfonamides is 1. The molecule has 180 valence electrons. The number of carbonyl (C=O) groups is 1. The summed E-state index contributed by atoms with van der Waals surface area (Å²) in [7, 11) is -1.32. The number of aromatic nitrogens is 4. The van der Waals surface area contributed by atoms with Crippen molar-refractivity contribution in [2.75, 3.05) is 24.7 Å². The topological polar surface area (TPSA) is 122 Å². The minimum Gasteiger partial charge on any atom is -0.351 e. The second-order valence-electron chi connectivity index (χ2n) is 9.64. The van der Waals surface area contributed by atoms with E-state index in [0.717, 1.165) is 35.4 Å². The van der Waals surface area contributed by atoms with Crippen LogP contribution in [-0.4, -0.2) is 69.3 Å². The van der Waals surface area contributed by atoms with Crippen molar-refractivity contribution in [2.24, 2.45) is 7.05 Å². The van der Waals surface area contributed by atoms with Gasteiger partial charge in [0.15, 0.2) is 5.69 Å². The summed E-state index contributed by atoms with van der Waals surface area (Å²) in [5.41, 5.74) is 3.75. The van der Waals surface area contributed by atoms with Crippen molar-refractivity contribution in [3.8, 4) is 11.4 Å². The maximum atomic E-state index is 13.0. The fourth-order valence-corrected chi connectivity index (χ4v) is 5.25. The molecule has 1 amide bonds. The number of carbonyl (C=O) groups excluding carboxylic acids is 1. The van der Waals surface area contributed by atoms with Crippen LogP contribution in [-0.2, 0) is 29.9 Å². The molecule has 2 N–H and O–H groups in total. The lowest BCUT2D eigenvalue weighted by molar-refractivity contribution is 0.0904. The fraction of sp³-hybridized carbons (Fsp3) is 0.636. The molecule has 0 aromatic carbocycles. The number of nitrogens with one attached hydrogen (secondary N) is 2. The van der Waals surface area contributed by atoms with Crippen molar-refractivity contribution in [2.45, 2.75) is 64.5 Å². The van der Waals surface area contributed by atoms with E-state index in [-0.39, 0.29) is 17.5 Å². The molecule has 1 fully saturated rings. The van der Waals surface area contributed by atoms with E-state index in [4.69, 9.17) is 4.98 Å². The molecule has 3 heterocycles. The van der Waals surface area contributed by atoms with Crippen LogP contribution in [0, 0.1) is 0 Å². The lowest BCUT2D eigenvalue weighted by atomic mass is 9.92. The van der Waals surface area contributed by atoms with Gasteiger partial charge in [0.05, 0.1) is 17.6 Å². The summed E-state index contributed by atoms with van der Waals surface area (Å²) < 4.78 is 26.7. The minimum absolute atomic E-state index is 0.105. The first-order valence-corrected chi connectivity index (χ1v) is 13.3. The first-order chi connectivity index (χ1) is 15.5. The van der Waals surface area contributed by atoms with Crippen molar-refractivity contribution in [3.63, 3.8) is 0 Å². The Morgan fingerprint density at radius 2 is 1.94 bits per heavy atom. The van der Waals surface area contributed by atoms with Crippen LogP contribution in [0.25, 0.3) is 11.4 Å². The first-order valence-electron chi connectivity index (χ1n) is 11.4. The molecule has 11 heteroatoms. The number of anilines is 1. The molecule has 1 aliphatic carbocycles. The van der Waals surface area contributed by atoms with E-state index in [1.807, 2.05) is 34.0 Å². The number of fused-ring (bicyclic) bond motifs is 3. The van der Waals surface area contributed by atoms with Crippen LogP contribution in [0.3, 0.4) is 0 Å². The number of nitrogens with zero attached hydrogens (tertiary/aromatic N) is 5. The molecule has 10 nitrogen and oxygen atoms in total. The summed E-state index contributed by atoms with van der Waals surface area (Å²) in [6, 6.07) is 0.105. The van der Waals surface area contributed by atoms with Gasteiger partial charge in [-0.15, -0.1) is 0 Å². The molecule has 4 rings (SSSR count). The van der Waals surface area contributed by atoms with Crippen LogP contribution in [0.15, 0.2) is 6.20 Å². The molecule has 0 bridgehead atoms. The quantitative estimate of drug-likeness (QED) is 0.652. The zero-order valence-corrected chi connectivity index (χ0v) is 20.8. The van der Waals surface area contributed by atoms with Crippen LogP contribution in [0.5, 0.6) is 0 Å². The Balaban J connectivity index is 1.56. The van der Waals surface area contributed by atoms with E-state index in [2.05, 4.69) is 20.7 Å². The maximum absolute atomic E-state index is 13.0. The van der Waals surface area contributed by atoms with Gasteiger partial charge in [0.1, 0.15) is 0 Å². The Labute approximate surface area is 195 Å². The van der Waals surface area contributed by atoms with E-state index < -0.39 is 10.0 Å². The SMILES string of the molecule is CCC(C)(C)NC(=O)c1nn(C)c2c1CCc1cnc(NC3CCN(S(C)(=O)=O)CC3)nc1-2. The zero-order chi connectivity index (χ0) is 24.0. The van der Waals surface area contributed by atoms with E-state index in [9.17, 15) is 13.2 Å². The molecule has 1 aliphatic heterocycles. The molecule has 0 atom stereocenters. The number of rotatable bonds is 6. The Morgan fingerprint density at radius 3 is 2.58 bits per heavy atom. The summed E-state index contributed by atoms with van der Waals surface area (Å²) in [6.07, 6.45) is 6.76. The average Bonchev–Trinajstić information content (AvgIpc) is 3.10. The number of aryl methyl sites for hydroxylation is 2. The van der Waals surface area contributed by atoms with Gasteiger partial charge in [-0.1, -0.05) is 6.92 Å². The standard InChI is InChI=1S/C22H33N7O3S/c1-6-22(2,3)26-20(30)18-16-8-7-14-13-23-21(25-17(14)19(16)28(4)27-18)24-15-9-11-29(12-10-15)33(5,31)32/h13,15H,6-12H2,1-5H3,(H,26,30)(H,23,24,25). The van der Waals surface area contributed by atoms with Gasteiger partial charge in [0, 0.05) is 43.5 Å². The van der Waals surface area contributed by atoms with E-state index >= 15 is 0 Å².